The lowest BCUT2D eigenvalue weighted by Gasteiger charge is -2.31. The molecule has 0 aromatic heterocycles. The summed E-state index contributed by atoms with van der Waals surface area (Å²) in [6.45, 7) is 2.36. The standard InChI is InChI=1S/C20H23ClN2O4S/c1-14-5-10-18(12-19(14)21)28(25,26)23-11-3-4-15(13-23)20(24)22-16-6-8-17(27-2)9-7-16/h5-10,12,15H,3-4,11,13H2,1-2H3,(H,22,24)/t15-/m1/s1. The Kier molecular flexibility index (Phi) is 6.27. The number of sulfonamides is 1. The number of methoxy groups -OCH3 is 1. The van der Waals surface area contributed by atoms with Crippen molar-refractivity contribution in [2.24, 2.45) is 5.92 Å². The Morgan fingerprint density at radius 2 is 1.93 bits per heavy atom. The molecule has 0 spiro atoms. The fraction of sp³-hybridized carbons (Fsp3) is 0.350. The molecule has 1 saturated heterocycles. The lowest BCUT2D eigenvalue weighted by Crippen LogP contribution is -2.43. The summed E-state index contributed by atoms with van der Waals surface area (Å²) in [6.07, 6.45) is 1.27. The Hall–Kier alpha value is -2.09. The third kappa shape index (κ3) is 4.48. The highest BCUT2D eigenvalue weighted by atomic mass is 35.5. The van der Waals surface area contributed by atoms with Crippen molar-refractivity contribution in [1.82, 2.24) is 4.31 Å². The highest BCUT2D eigenvalue weighted by molar-refractivity contribution is 7.89. The number of amides is 1. The van der Waals surface area contributed by atoms with Gasteiger partial charge in [0.1, 0.15) is 5.75 Å². The Bertz CT molecular complexity index is 961. The largest absolute Gasteiger partial charge is 0.497 e. The summed E-state index contributed by atoms with van der Waals surface area (Å²) < 4.78 is 32.4. The maximum atomic E-state index is 13.0. The minimum Gasteiger partial charge on any atom is -0.497 e. The molecule has 6 nitrogen and oxygen atoms in total. The van der Waals surface area contributed by atoms with E-state index in [0.717, 1.165) is 5.56 Å². The van der Waals surface area contributed by atoms with Crippen molar-refractivity contribution in [1.29, 1.82) is 0 Å². The Morgan fingerprint density at radius 3 is 2.57 bits per heavy atom. The zero-order chi connectivity index (χ0) is 20.3. The van der Waals surface area contributed by atoms with Gasteiger partial charge in [-0.2, -0.15) is 4.31 Å². The highest BCUT2D eigenvalue weighted by Crippen LogP contribution is 2.27. The molecule has 1 atom stereocenters. The third-order valence-corrected chi connectivity index (χ3v) is 7.16. The van der Waals surface area contributed by atoms with Gasteiger partial charge in [0, 0.05) is 23.8 Å². The minimum absolute atomic E-state index is 0.149. The summed E-state index contributed by atoms with van der Waals surface area (Å²) in [7, 11) is -2.12. The predicted octanol–water partition coefficient (Wildman–Crippen LogP) is 3.70. The van der Waals surface area contributed by atoms with E-state index in [1.54, 1.807) is 43.5 Å². The first-order chi connectivity index (χ1) is 13.3. The van der Waals surface area contributed by atoms with Crippen LogP contribution in [-0.2, 0) is 14.8 Å². The summed E-state index contributed by atoms with van der Waals surface area (Å²) in [5.74, 6) is 0.100. The second-order valence-corrected chi connectivity index (χ2v) is 9.18. The predicted molar refractivity (Wildman–Crippen MR) is 109 cm³/mol. The topological polar surface area (TPSA) is 75.7 Å². The monoisotopic (exact) mass is 422 g/mol. The molecular weight excluding hydrogens is 400 g/mol. The normalized spacial score (nSPS) is 17.9. The molecule has 0 aliphatic carbocycles. The van der Waals surface area contributed by atoms with E-state index in [2.05, 4.69) is 5.32 Å². The van der Waals surface area contributed by atoms with E-state index in [4.69, 9.17) is 16.3 Å². The van der Waals surface area contributed by atoms with Gasteiger partial charge >= 0.3 is 0 Å². The van der Waals surface area contributed by atoms with Gasteiger partial charge in [-0.3, -0.25) is 4.79 Å². The molecule has 1 aliphatic heterocycles. The summed E-state index contributed by atoms with van der Waals surface area (Å²) in [5.41, 5.74) is 1.46. The summed E-state index contributed by atoms with van der Waals surface area (Å²) in [5, 5.41) is 3.26. The quantitative estimate of drug-likeness (QED) is 0.797. The van der Waals surface area contributed by atoms with Crippen LogP contribution in [0.1, 0.15) is 18.4 Å². The van der Waals surface area contributed by atoms with E-state index in [-0.39, 0.29) is 17.3 Å². The van der Waals surface area contributed by atoms with Gasteiger partial charge in [-0.15, -0.1) is 0 Å². The van der Waals surface area contributed by atoms with Crippen LogP contribution in [0.4, 0.5) is 5.69 Å². The molecule has 1 N–H and O–H groups in total. The average molecular weight is 423 g/mol. The molecule has 0 radical (unpaired) electrons. The second kappa shape index (κ2) is 8.51. The second-order valence-electron chi connectivity index (χ2n) is 6.83. The zero-order valence-electron chi connectivity index (χ0n) is 15.8. The molecule has 2 aromatic rings. The first kappa shape index (κ1) is 20.6. The van der Waals surface area contributed by atoms with E-state index < -0.39 is 15.9 Å². The van der Waals surface area contributed by atoms with Crippen molar-refractivity contribution in [3.63, 3.8) is 0 Å². The molecule has 1 amide bonds. The lowest BCUT2D eigenvalue weighted by atomic mass is 9.99. The first-order valence-electron chi connectivity index (χ1n) is 9.02. The maximum Gasteiger partial charge on any atom is 0.243 e. The number of carbonyl (C=O) groups excluding carboxylic acids is 1. The van der Waals surface area contributed by atoms with Crippen LogP contribution in [0.5, 0.6) is 5.75 Å². The number of aryl methyl sites for hydroxylation is 1. The van der Waals surface area contributed by atoms with Gasteiger partial charge < -0.3 is 10.1 Å². The molecule has 1 fully saturated rings. The Labute approximate surface area is 170 Å². The smallest absolute Gasteiger partial charge is 0.243 e. The van der Waals surface area contributed by atoms with Crippen LogP contribution in [0.25, 0.3) is 0 Å². The van der Waals surface area contributed by atoms with Crippen LogP contribution in [0, 0.1) is 12.8 Å². The fourth-order valence-electron chi connectivity index (χ4n) is 3.18. The number of hydrogen-bond donors (Lipinski definition) is 1. The maximum absolute atomic E-state index is 13.0. The molecule has 0 saturated carbocycles. The molecule has 0 unspecified atom stereocenters. The first-order valence-corrected chi connectivity index (χ1v) is 10.8. The molecular formula is C20H23ClN2O4S. The average Bonchev–Trinajstić information content (AvgIpc) is 2.70. The number of nitrogens with one attached hydrogen (secondary N) is 1. The van der Waals surface area contributed by atoms with Crippen LogP contribution < -0.4 is 10.1 Å². The van der Waals surface area contributed by atoms with Gasteiger partial charge in [-0.1, -0.05) is 17.7 Å². The number of hydrogen-bond acceptors (Lipinski definition) is 4. The summed E-state index contributed by atoms with van der Waals surface area (Å²) in [6, 6.07) is 11.7. The lowest BCUT2D eigenvalue weighted by molar-refractivity contribution is -0.120. The van der Waals surface area contributed by atoms with Crippen molar-refractivity contribution < 1.29 is 17.9 Å². The number of benzene rings is 2. The zero-order valence-corrected chi connectivity index (χ0v) is 17.4. The molecule has 8 heteroatoms. The Balaban J connectivity index is 1.71. The molecule has 0 bridgehead atoms. The van der Waals surface area contributed by atoms with E-state index in [0.29, 0.717) is 35.8 Å². The number of piperidine rings is 1. The molecule has 150 valence electrons. The SMILES string of the molecule is COc1ccc(NC(=O)[C@@H]2CCCN(S(=O)(=O)c3ccc(C)c(Cl)c3)C2)cc1. The number of carbonyl (C=O) groups is 1. The van der Waals surface area contributed by atoms with Crippen LogP contribution in [0.3, 0.4) is 0 Å². The van der Waals surface area contributed by atoms with Gasteiger partial charge in [0.15, 0.2) is 0 Å². The molecule has 1 aliphatic rings. The molecule has 3 rings (SSSR count). The number of halogens is 1. The number of nitrogens with zero attached hydrogens (tertiary/aromatic N) is 1. The van der Waals surface area contributed by atoms with Crippen molar-refractivity contribution in [2.45, 2.75) is 24.7 Å². The number of rotatable bonds is 5. The highest BCUT2D eigenvalue weighted by Gasteiger charge is 2.33. The Morgan fingerprint density at radius 1 is 1.21 bits per heavy atom. The minimum atomic E-state index is -3.70. The van der Waals surface area contributed by atoms with Gasteiger partial charge in [0.25, 0.3) is 0 Å². The van der Waals surface area contributed by atoms with Crippen molar-refractivity contribution in [3.05, 3.63) is 53.1 Å². The molecule has 1 heterocycles. The van der Waals surface area contributed by atoms with Crippen LogP contribution in [-0.4, -0.2) is 38.8 Å². The van der Waals surface area contributed by atoms with Crippen molar-refractivity contribution in [3.8, 4) is 5.75 Å². The number of ether oxygens (including phenoxy) is 1. The summed E-state index contributed by atoms with van der Waals surface area (Å²) in [4.78, 5) is 12.8. The van der Waals surface area contributed by atoms with Gasteiger partial charge in [-0.25, -0.2) is 8.42 Å². The third-order valence-electron chi connectivity index (χ3n) is 4.89. The van der Waals surface area contributed by atoms with Crippen molar-refractivity contribution in [2.75, 3.05) is 25.5 Å². The van der Waals surface area contributed by atoms with Crippen molar-refractivity contribution >= 4 is 33.2 Å². The van der Waals surface area contributed by atoms with Gasteiger partial charge in [0.2, 0.25) is 15.9 Å². The number of anilines is 1. The molecule has 28 heavy (non-hydrogen) atoms. The van der Waals surface area contributed by atoms with Gasteiger partial charge in [-0.05, 0) is 61.7 Å². The van der Waals surface area contributed by atoms with Crippen LogP contribution >= 0.6 is 11.6 Å². The fourth-order valence-corrected chi connectivity index (χ4v) is 4.97. The van der Waals surface area contributed by atoms with E-state index in [1.165, 1.54) is 10.4 Å². The van der Waals surface area contributed by atoms with E-state index in [1.807, 2.05) is 6.92 Å². The summed E-state index contributed by atoms with van der Waals surface area (Å²) >= 11 is 6.09. The van der Waals surface area contributed by atoms with Crippen LogP contribution in [0.15, 0.2) is 47.4 Å². The van der Waals surface area contributed by atoms with E-state index in [9.17, 15) is 13.2 Å². The van der Waals surface area contributed by atoms with E-state index >= 15 is 0 Å². The van der Waals surface area contributed by atoms with Gasteiger partial charge in [0.05, 0.1) is 17.9 Å². The van der Waals surface area contributed by atoms with Crippen LogP contribution in [0.2, 0.25) is 5.02 Å². The molecule has 2 aromatic carbocycles.